The molecule has 1 atom stereocenters. The zero-order valence-corrected chi connectivity index (χ0v) is 21.2. The average Bonchev–Trinajstić information content (AvgIpc) is 3.35. The van der Waals surface area contributed by atoms with E-state index < -0.39 is 0 Å². The number of fused-ring (bicyclic) bond motifs is 1. The summed E-state index contributed by atoms with van der Waals surface area (Å²) in [7, 11) is 4.85. The second-order valence-corrected chi connectivity index (χ2v) is 9.68. The number of nitrogens with zero attached hydrogens (tertiary/aromatic N) is 3. The number of ether oxygens (including phenoxy) is 5. The van der Waals surface area contributed by atoms with Crippen LogP contribution in [0.2, 0.25) is 0 Å². The maximum Gasteiger partial charge on any atom is 0.203 e. The van der Waals surface area contributed by atoms with Crippen molar-refractivity contribution in [3.05, 3.63) is 36.4 Å². The lowest BCUT2D eigenvalue weighted by Crippen LogP contribution is -2.31. The highest BCUT2D eigenvalue weighted by Crippen LogP contribution is 2.43. The fraction of sp³-hybridized carbons (Fsp3) is 0.462. The summed E-state index contributed by atoms with van der Waals surface area (Å²) in [6.07, 6.45) is 5.85. The third kappa shape index (κ3) is 4.87. The van der Waals surface area contributed by atoms with E-state index in [4.69, 9.17) is 23.7 Å². The third-order valence-corrected chi connectivity index (χ3v) is 7.57. The first-order chi connectivity index (χ1) is 17.2. The minimum absolute atomic E-state index is 0.0592. The molecule has 2 heterocycles. The minimum atomic E-state index is -0.0592. The maximum atomic E-state index is 6.17. The molecule has 1 aliphatic carbocycles. The quantitative estimate of drug-likeness (QED) is 0.383. The predicted octanol–water partition coefficient (Wildman–Crippen LogP) is 5.41. The number of hydrogen-bond donors (Lipinski definition) is 0. The van der Waals surface area contributed by atoms with Crippen molar-refractivity contribution in [2.45, 2.75) is 49.4 Å². The fourth-order valence-electron chi connectivity index (χ4n) is 4.76. The second-order valence-electron chi connectivity index (χ2n) is 8.69. The van der Waals surface area contributed by atoms with Crippen molar-refractivity contribution in [1.82, 2.24) is 14.8 Å². The van der Waals surface area contributed by atoms with E-state index in [9.17, 15) is 0 Å². The molecule has 2 aromatic carbocycles. The SMILES string of the molecule is COc1cc(-c2nnc(SC[C@H]3COc4ccccc4O3)n2C2CCCCC2)cc(OC)c1OC. The van der Waals surface area contributed by atoms with Crippen LogP contribution in [-0.2, 0) is 0 Å². The Morgan fingerprint density at radius 1 is 0.943 bits per heavy atom. The summed E-state index contributed by atoms with van der Waals surface area (Å²) in [5.41, 5.74) is 0.885. The molecule has 9 heteroatoms. The first-order valence-corrected chi connectivity index (χ1v) is 13.0. The molecule has 0 radical (unpaired) electrons. The molecule has 0 unspecified atom stereocenters. The number of para-hydroxylation sites is 2. The van der Waals surface area contributed by atoms with E-state index in [1.165, 1.54) is 19.3 Å². The molecule has 8 nitrogen and oxygen atoms in total. The normalized spacial score (nSPS) is 17.7. The van der Waals surface area contributed by atoms with E-state index >= 15 is 0 Å². The second kappa shape index (κ2) is 10.7. The molecule has 1 saturated carbocycles. The van der Waals surface area contributed by atoms with Crippen LogP contribution in [0.5, 0.6) is 28.7 Å². The van der Waals surface area contributed by atoms with E-state index in [0.717, 1.165) is 40.9 Å². The monoisotopic (exact) mass is 497 g/mol. The van der Waals surface area contributed by atoms with Gasteiger partial charge in [-0.2, -0.15) is 0 Å². The van der Waals surface area contributed by atoms with Crippen LogP contribution in [0.25, 0.3) is 11.4 Å². The summed E-state index contributed by atoms with van der Waals surface area (Å²) >= 11 is 1.66. The highest BCUT2D eigenvalue weighted by molar-refractivity contribution is 7.99. The van der Waals surface area contributed by atoms with Crippen LogP contribution >= 0.6 is 11.8 Å². The average molecular weight is 498 g/mol. The Balaban J connectivity index is 1.44. The van der Waals surface area contributed by atoms with Gasteiger partial charge in [-0.3, -0.25) is 4.57 Å². The Hall–Kier alpha value is -3.07. The number of thioether (sulfide) groups is 1. The van der Waals surface area contributed by atoms with Gasteiger partial charge in [-0.05, 0) is 37.1 Å². The first-order valence-electron chi connectivity index (χ1n) is 12.0. The van der Waals surface area contributed by atoms with E-state index in [-0.39, 0.29) is 6.10 Å². The van der Waals surface area contributed by atoms with Gasteiger partial charge in [-0.1, -0.05) is 43.2 Å². The highest BCUT2D eigenvalue weighted by atomic mass is 32.2. The summed E-state index contributed by atoms with van der Waals surface area (Å²) in [6.45, 7) is 0.515. The Morgan fingerprint density at radius 2 is 1.66 bits per heavy atom. The zero-order chi connectivity index (χ0) is 24.2. The molecular formula is C26H31N3O5S. The van der Waals surface area contributed by atoms with Crippen LogP contribution < -0.4 is 23.7 Å². The van der Waals surface area contributed by atoms with Crippen molar-refractivity contribution in [2.24, 2.45) is 0 Å². The standard InChI is InChI=1S/C26H31N3O5S/c1-30-22-13-17(14-23(31-2)24(22)32-3)25-27-28-26(29(25)18-9-5-4-6-10-18)35-16-19-15-33-20-11-7-8-12-21(20)34-19/h7-8,11-14,18-19H,4-6,9-10,15-16H2,1-3H3/t19-/m1/s1. The van der Waals surface area contributed by atoms with Crippen molar-refractivity contribution < 1.29 is 23.7 Å². The molecule has 0 spiro atoms. The molecule has 0 amide bonds. The minimum Gasteiger partial charge on any atom is -0.493 e. The highest BCUT2D eigenvalue weighted by Gasteiger charge is 2.27. The molecule has 186 valence electrons. The van der Waals surface area contributed by atoms with Gasteiger partial charge in [-0.25, -0.2) is 0 Å². The van der Waals surface area contributed by atoms with Crippen LogP contribution in [-0.4, -0.2) is 54.6 Å². The van der Waals surface area contributed by atoms with Crippen LogP contribution in [0, 0.1) is 0 Å². The number of rotatable bonds is 8. The van der Waals surface area contributed by atoms with Crippen LogP contribution in [0.3, 0.4) is 0 Å². The van der Waals surface area contributed by atoms with Gasteiger partial charge in [0.15, 0.2) is 34.0 Å². The van der Waals surface area contributed by atoms with Crippen LogP contribution in [0.4, 0.5) is 0 Å². The molecule has 35 heavy (non-hydrogen) atoms. The van der Waals surface area contributed by atoms with Crippen molar-refractivity contribution in [2.75, 3.05) is 33.7 Å². The molecule has 1 aliphatic heterocycles. The lowest BCUT2D eigenvalue weighted by atomic mass is 9.95. The molecule has 0 bridgehead atoms. The number of aromatic nitrogens is 3. The fourth-order valence-corrected chi connectivity index (χ4v) is 5.74. The Labute approximate surface area is 209 Å². The van der Waals surface area contributed by atoms with Crippen LogP contribution in [0.1, 0.15) is 38.1 Å². The third-order valence-electron chi connectivity index (χ3n) is 6.49. The smallest absolute Gasteiger partial charge is 0.203 e. The summed E-state index contributed by atoms with van der Waals surface area (Å²) in [6, 6.07) is 12.0. The maximum absolute atomic E-state index is 6.17. The Kier molecular flexibility index (Phi) is 7.22. The molecule has 1 fully saturated rings. The molecule has 0 N–H and O–H groups in total. The molecule has 2 aliphatic rings. The van der Waals surface area contributed by atoms with Gasteiger partial charge in [0.25, 0.3) is 0 Å². The molecular weight excluding hydrogens is 466 g/mol. The van der Waals surface area contributed by atoms with E-state index in [1.54, 1.807) is 33.1 Å². The van der Waals surface area contributed by atoms with Crippen molar-refractivity contribution in [3.8, 4) is 40.1 Å². The zero-order valence-electron chi connectivity index (χ0n) is 20.4. The lowest BCUT2D eigenvalue weighted by molar-refractivity contribution is 0.107. The van der Waals surface area contributed by atoms with E-state index in [1.807, 2.05) is 36.4 Å². The van der Waals surface area contributed by atoms with Crippen molar-refractivity contribution in [3.63, 3.8) is 0 Å². The number of methoxy groups -OCH3 is 3. The predicted molar refractivity (Wildman–Crippen MR) is 134 cm³/mol. The summed E-state index contributed by atoms with van der Waals surface area (Å²) < 4.78 is 31.0. The van der Waals surface area contributed by atoms with Gasteiger partial charge >= 0.3 is 0 Å². The van der Waals surface area contributed by atoms with Crippen molar-refractivity contribution in [1.29, 1.82) is 0 Å². The summed E-state index contributed by atoms with van der Waals surface area (Å²) in [5.74, 6) is 4.87. The van der Waals surface area contributed by atoms with Gasteiger partial charge in [-0.15, -0.1) is 10.2 Å². The topological polar surface area (TPSA) is 76.9 Å². The van der Waals surface area contributed by atoms with E-state index in [0.29, 0.717) is 35.7 Å². The number of benzene rings is 2. The van der Waals surface area contributed by atoms with Gasteiger partial charge in [0.2, 0.25) is 5.75 Å². The summed E-state index contributed by atoms with van der Waals surface area (Å²) in [4.78, 5) is 0. The van der Waals surface area contributed by atoms with E-state index in [2.05, 4.69) is 14.8 Å². The first kappa shape index (κ1) is 23.7. The molecule has 5 rings (SSSR count). The Morgan fingerprint density at radius 3 is 2.34 bits per heavy atom. The summed E-state index contributed by atoms with van der Waals surface area (Å²) in [5, 5.41) is 10.1. The van der Waals surface area contributed by atoms with Gasteiger partial charge in [0.05, 0.1) is 21.3 Å². The van der Waals surface area contributed by atoms with Gasteiger partial charge < -0.3 is 23.7 Å². The lowest BCUT2D eigenvalue weighted by Gasteiger charge is -2.27. The number of hydrogen-bond acceptors (Lipinski definition) is 8. The van der Waals surface area contributed by atoms with Crippen LogP contribution in [0.15, 0.2) is 41.6 Å². The molecule has 3 aromatic rings. The molecule has 1 aromatic heterocycles. The molecule has 0 saturated heterocycles. The van der Waals surface area contributed by atoms with Gasteiger partial charge in [0, 0.05) is 17.4 Å². The van der Waals surface area contributed by atoms with Gasteiger partial charge in [0.1, 0.15) is 12.7 Å². The largest absolute Gasteiger partial charge is 0.493 e. The van der Waals surface area contributed by atoms with Crippen molar-refractivity contribution >= 4 is 11.8 Å². The Bertz CT molecular complexity index is 1140.